The maximum absolute atomic E-state index is 10.8. The largest absolute Gasteiger partial charge is 0.507 e. The molecular formula is C19H27NO2. The van der Waals surface area contributed by atoms with Crippen molar-refractivity contribution in [3.63, 3.8) is 0 Å². The molecule has 1 N–H and O–H groups in total. The summed E-state index contributed by atoms with van der Waals surface area (Å²) in [5.41, 5.74) is 3.85. The first-order valence-corrected chi connectivity index (χ1v) is 8.15. The van der Waals surface area contributed by atoms with Gasteiger partial charge in [-0.15, -0.1) is 0 Å². The van der Waals surface area contributed by atoms with Crippen LogP contribution >= 0.6 is 0 Å². The SMILES string of the molecule is CC(C)(C)c1cc(C2=NOC3(CC3)C2)cc(C(C)(C)C)c1O. The first kappa shape index (κ1) is 15.4. The Morgan fingerprint density at radius 1 is 1.00 bits per heavy atom. The summed E-state index contributed by atoms with van der Waals surface area (Å²) in [5, 5.41) is 15.1. The lowest BCUT2D eigenvalue weighted by atomic mass is 9.78. The lowest BCUT2D eigenvalue weighted by Crippen LogP contribution is -2.19. The summed E-state index contributed by atoms with van der Waals surface area (Å²) >= 11 is 0. The zero-order chi connectivity index (χ0) is 16.3. The molecule has 0 unspecified atom stereocenters. The van der Waals surface area contributed by atoms with E-state index < -0.39 is 0 Å². The highest BCUT2D eigenvalue weighted by Gasteiger charge is 2.50. The Hall–Kier alpha value is -1.51. The van der Waals surface area contributed by atoms with Gasteiger partial charge in [-0.2, -0.15) is 0 Å². The summed E-state index contributed by atoms with van der Waals surface area (Å²) in [5.74, 6) is 0.421. The van der Waals surface area contributed by atoms with E-state index in [1.54, 1.807) is 0 Å². The fraction of sp³-hybridized carbons (Fsp3) is 0.632. The second kappa shape index (κ2) is 4.50. The van der Waals surface area contributed by atoms with E-state index in [0.717, 1.165) is 41.7 Å². The highest BCUT2D eigenvalue weighted by Crippen LogP contribution is 2.48. The van der Waals surface area contributed by atoms with Crippen molar-refractivity contribution in [1.82, 2.24) is 0 Å². The molecule has 3 heteroatoms. The topological polar surface area (TPSA) is 41.8 Å². The molecule has 120 valence electrons. The molecule has 1 aliphatic carbocycles. The van der Waals surface area contributed by atoms with Crippen molar-refractivity contribution >= 4 is 5.71 Å². The highest BCUT2D eigenvalue weighted by atomic mass is 16.7. The van der Waals surface area contributed by atoms with Crippen LogP contribution in [0.5, 0.6) is 5.75 Å². The predicted molar refractivity (Wildman–Crippen MR) is 89.7 cm³/mol. The van der Waals surface area contributed by atoms with Crippen LogP contribution in [0.1, 0.15) is 77.5 Å². The van der Waals surface area contributed by atoms with E-state index in [9.17, 15) is 5.11 Å². The summed E-state index contributed by atoms with van der Waals surface area (Å²) < 4.78 is 0. The molecule has 0 amide bonds. The number of phenols is 1. The van der Waals surface area contributed by atoms with Crippen molar-refractivity contribution in [2.45, 2.75) is 77.2 Å². The van der Waals surface area contributed by atoms with Gasteiger partial charge in [0.1, 0.15) is 11.4 Å². The third kappa shape index (κ3) is 2.62. The van der Waals surface area contributed by atoms with Crippen molar-refractivity contribution in [2.75, 3.05) is 0 Å². The van der Waals surface area contributed by atoms with Crippen molar-refractivity contribution in [3.05, 3.63) is 28.8 Å². The smallest absolute Gasteiger partial charge is 0.143 e. The fourth-order valence-electron chi connectivity index (χ4n) is 3.03. The van der Waals surface area contributed by atoms with Gasteiger partial charge in [-0.25, -0.2) is 0 Å². The Kier molecular flexibility index (Phi) is 3.15. The van der Waals surface area contributed by atoms with Gasteiger partial charge in [-0.05, 0) is 35.8 Å². The Labute approximate surface area is 133 Å². The number of phenolic OH excluding ortho intramolecular Hbond substituents is 1. The molecule has 1 fully saturated rings. The average molecular weight is 301 g/mol. The first-order valence-electron chi connectivity index (χ1n) is 8.15. The Bertz CT molecular complexity index is 605. The quantitative estimate of drug-likeness (QED) is 0.820. The molecule has 0 atom stereocenters. The van der Waals surface area contributed by atoms with Crippen molar-refractivity contribution in [1.29, 1.82) is 0 Å². The van der Waals surface area contributed by atoms with Crippen molar-refractivity contribution in [3.8, 4) is 5.75 Å². The molecule has 1 heterocycles. The summed E-state index contributed by atoms with van der Waals surface area (Å²) in [6, 6.07) is 4.18. The predicted octanol–water partition coefficient (Wildman–Crippen LogP) is 4.64. The molecule has 22 heavy (non-hydrogen) atoms. The first-order chi connectivity index (χ1) is 10.0. The molecular weight excluding hydrogens is 274 g/mol. The molecule has 0 bridgehead atoms. The monoisotopic (exact) mass is 301 g/mol. The summed E-state index contributed by atoms with van der Waals surface area (Å²) in [4.78, 5) is 5.63. The number of oxime groups is 1. The minimum Gasteiger partial charge on any atom is -0.507 e. The van der Waals surface area contributed by atoms with Crippen LogP contribution in [0.25, 0.3) is 0 Å². The van der Waals surface area contributed by atoms with Gasteiger partial charge in [-0.1, -0.05) is 46.7 Å². The van der Waals surface area contributed by atoms with Crippen molar-refractivity contribution in [2.24, 2.45) is 5.16 Å². The van der Waals surface area contributed by atoms with Gasteiger partial charge >= 0.3 is 0 Å². The van der Waals surface area contributed by atoms with E-state index in [4.69, 9.17) is 4.84 Å². The van der Waals surface area contributed by atoms with Crippen LogP contribution in [-0.4, -0.2) is 16.4 Å². The minimum absolute atomic E-state index is 0.00297. The number of hydrogen-bond donors (Lipinski definition) is 1. The number of benzene rings is 1. The molecule has 0 aromatic heterocycles. The molecule has 1 aromatic carbocycles. The van der Waals surface area contributed by atoms with E-state index in [-0.39, 0.29) is 16.4 Å². The maximum atomic E-state index is 10.8. The van der Waals surface area contributed by atoms with E-state index in [0.29, 0.717) is 5.75 Å². The zero-order valence-electron chi connectivity index (χ0n) is 14.6. The average Bonchev–Trinajstić information content (AvgIpc) is 2.97. The molecule has 0 saturated heterocycles. The number of rotatable bonds is 1. The molecule has 1 spiro atoms. The lowest BCUT2D eigenvalue weighted by molar-refractivity contribution is 0.0650. The lowest BCUT2D eigenvalue weighted by Gasteiger charge is -2.28. The summed E-state index contributed by atoms with van der Waals surface area (Å²) in [6.07, 6.45) is 3.11. The molecule has 0 radical (unpaired) electrons. The third-order valence-corrected chi connectivity index (χ3v) is 4.71. The minimum atomic E-state index is -0.114. The Balaban J connectivity index is 2.11. The highest BCUT2D eigenvalue weighted by molar-refractivity contribution is 6.02. The van der Waals surface area contributed by atoms with Crippen LogP contribution in [0, 0.1) is 0 Å². The van der Waals surface area contributed by atoms with E-state index in [1.165, 1.54) is 0 Å². The standard InChI is InChI=1S/C19H27NO2/c1-17(2,3)13-9-12(10-14(16(13)21)18(4,5)6)15-11-19(7-8-19)22-20-15/h9-10,21H,7-8,11H2,1-6H3. The van der Waals surface area contributed by atoms with E-state index in [2.05, 4.69) is 58.8 Å². The molecule has 1 aromatic rings. The van der Waals surface area contributed by atoms with Crippen LogP contribution < -0.4 is 0 Å². The second-order valence-corrected chi connectivity index (χ2v) is 8.91. The van der Waals surface area contributed by atoms with Crippen LogP contribution in [-0.2, 0) is 15.7 Å². The van der Waals surface area contributed by atoms with Gasteiger partial charge in [0.2, 0.25) is 0 Å². The third-order valence-electron chi connectivity index (χ3n) is 4.71. The van der Waals surface area contributed by atoms with Crippen molar-refractivity contribution < 1.29 is 9.94 Å². The number of aromatic hydroxyl groups is 1. The van der Waals surface area contributed by atoms with E-state index in [1.807, 2.05) is 0 Å². The van der Waals surface area contributed by atoms with Gasteiger partial charge in [0.25, 0.3) is 0 Å². The normalized spacial score (nSPS) is 20.0. The molecule has 3 nitrogen and oxygen atoms in total. The Morgan fingerprint density at radius 3 is 1.86 bits per heavy atom. The van der Waals surface area contributed by atoms with Gasteiger partial charge in [-0.3, -0.25) is 0 Å². The second-order valence-electron chi connectivity index (χ2n) is 8.91. The van der Waals surface area contributed by atoms with Crippen LogP contribution in [0.4, 0.5) is 0 Å². The van der Waals surface area contributed by atoms with E-state index >= 15 is 0 Å². The molecule has 2 aliphatic rings. The number of hydrogen-bond acceptors (Lipinski definition) is 3. The zero-order valence-corrected chi connectivity index (χ0v) is 14.6. The molecule has 1 aliphatic heterocycles. The molecule has 3 rings (SSSR count). The number of nitrogens with zero attached hydrogens (tertiary/aromatic N) is 1. The molecule has 1 saturated carbocycles. The maximum Gasteiger partial charge on any atom is 0.143 e. The van der Waals surface area contributed by atoms with Crippen LogP contribution in [0.15, 0.2) is 17.3 Å². The van der Waals surface area contributed by atoms with Crippen LogP contribution in [0.2, 0.25) is 0 Å². The summed E-state index contributed by atoms with van der Waals surface area (Å²) in [7, 11) is 0. The van der Waals surface area contributed by atoms with Gasteiger partial charge in [0, 0.05) is 23.1 Å². The van der Waals surface area contributed by atoms with Gasteiger partial charge in [0.15, 0.2) is 0 Å². The van der Waals surface area contributed by atoms with Crippen LogP contribution in [0.3, 0.4) is 0 Å². The summed E-state index contributed by atoms with van der Waals surface area (Å²) in [6.45, 7) is 12.8. The Morgan fingerprint density at radius 2 is 1.50 bits per heavy atom. The van der Waals surface area contributed by atoms with Gasteiger partial charge < -0.3 is 9.94 Å². The van der Waals surface area contributed by atoms with Gasteiger partial charge in [0.05, 0.1) is 5.71 Å². The fourth-order valence-corrected chi connectivity index (χ4v) is 3.03.